The molecule has 15 heavy (non-hydrogen) atoms. The molecule has 2 bridgehead atoms. The average molecular weight is 210 g/mol. The smallest absolute Gasteiger partial charge is 0.322 e. The third kappa shape index (κ3) is 1.39. The molecule has 0 saturated carbocycles. The van der Waals surface area contributed by atoms with Gasteiger partial charge in [-0.1, -0.05) is 0 Å². The number of methoxy groups -OCH3 is 1. The maximum absolute atomic E-state index is 11.5. The van der Waals surface area contributed by atoms with E-state index < -0.39 is 0 Å². The molecule has 0 aromatic heterocycles. The normalized spacial score (nSPS) is 47.7. The van der Waals surface area contributed by atoms with Crippen molar-refractivity contribution in [1.82, 2.24) is 10.2 Å². The van der Waals surface area contributed by atoms with Crippen LogP contribution in [0.15, 0.2) is 0 Å². The second-order valence-corrected chi connectivity index (χ2v) is 4.94. The maximum Gasteiger partial charge on any atom is 0.322 e. The van der Waals surface area contributed by atoms with Crippen molar-refractivity contribution in [3.63, 3.8) is 0 Å². The highest BCUT2D eigenvalue weighted by atomic mass is 16.5. The molecule has 0 aromatic carbocycles. The van der Waals surface area contributed by atoms with Gasteiger partial charge in [-0.15, -0.1) is 0 Å². The zero-order chi connectivity index (χ0) is 10.4. The number of fused-ring (bicyclic) bond motifs is 2. The van der Waals surface area contributed by atoms with Gasteiger partial charge in [0, 0.05) is 12.1 Å². The molecule has 4 rings (SSSR count). The molecule has 4 heterocycles. The molecule has 4 fully saturated rings. The SMILES string of the molecule is COC(=O)C1CC2C(N1)C1CCN2CC1. The van der Waals surface area contributed by atoms with E-state index in [-0.39, 0.29) is 12.0 Å². The number of rotatable bonds is 1. The minimum Gasteiger partial charge on any atom is -0.468 e. The molecule has 4 aliphatic heterocycles. The van der Waals surface area contributed by atoms with E-state index in [4.69, 9.17) is 4.74 Å². The molecule has 4 saturated heterocycles. The van der Waals surface area contributed by atoms with Crippen molar-refractivity contribution in [2.24, 2.45) is 5.92 Å². The van der Waals surface area contributed by atoms with Gasteiger partial charge in [0.1, 0.15) is 6.04 Å². The quantitative estimate of drug-likeness (QED) is 0.618. The van der Waals surface area contributed by atoms with Gasteiger partial charge in [-0.2, -0.15) is 0 Å². The molecule has 4 aliphatic rings. The Morgan fingerprint density at radius 2 is 2.13 bits per heavy atom. The second-order valence-electron chi connectivity index (χ2n) is 4.94. The minimum atomic E-state index is -0.0926. The van der Waals surface area contributed by atoms with Crippen LogP contribution in [0.2, 0.25) is 0 Å². The lowest BCUT2D eigenvalue weighted by Gasteiger charge is -2.48. The standard InChI is InChI=1S/C11H18N2O2/c1-15-11(14)8-6-9-10(12-8)7-2-4-13(9)5-3-7/h7-10,12H,2-6H2,1H3. The van der Waals surface area contributed by atoms with E-state index in [2.05, 4.69) is 10.2 Å². The van der Waals surface area contributed by atoms with Gasteiger partial charge in [0.15, 0.2) is 0 Å². The van der Waals surface area contributed by atoms with Crippen LogP contribution in [0.25, 0.3) is 0 Å². The lowest BCUT2D eigenvalue weighted by molar-refractivity contribution is -0.142. The average Bonchev–Trinajstić information content (AvgIpc) is 2.76. The molecule has 84 valence electrons. The van der Waals surface area contributed by atoms with Crippen molar-refractivity contribution in [1.29, 1.82) is 0 Å². The molecule has 0 radical (unpaired) electrons. The molecule has 0 amide bonds. The fourth-order valence-corrected chi connectivity index (χ4v) is 3.54. The van der Waals surface area contributed by atoms with Gasteiger partial charge in [0.05, 0.1) is 7.11 Å². The molecule has 4 nitrogen and oxygen atoms in total. The van der Waals surface area contributed by atoms with Gasteiger partial charge in [0.25, 0.3) is 0 Å². The summed E-state index contributed by atoms with van der Waals surface area (Å²) in [6.45, 7) is 2.45. The Kier molecular flexibility index (Phi) is 2.21. The molecule has 1 N–H and O–H groups in total. The first-order valence-electron chi connectivity index (χ1n) is 5.87. The van der Waals surface area contributed by atoms with Gasteiger partial charge in [-0.3, -0.25) is 15.0 Å². The summed E-state index contributed by atoms with van der Waals surface area (Å²) >= 11 is 0. The van der Waals surface area contributed by atoms with Gasteiger partial charge in [-0.05, 0) is 38.3 Å². The number of ether oxygens (including phenoxy) is 1. The first kappa shape index (κ1) is 9.60. The third-order valence-corrected chi connectivity index (χ3v) is 4.32. The van der Waals surface area contributed by atoms with E-state index in [0.29, 0.717) is 12.1 Å². The highest BCUT2D eigenvalue weighted by molar-refractivity contribution is 5.76. The molecule has 0 spiro atoms. The fourth-order valence-electron chi connectivity index (χ4n) is 3.54. The number of esters is 1. The maximum atomic E-state index is 11.5. The largest absolute Gasteiger partial charge is 0.468 e. The summed E-state index contributed by atoms with van der Waals surface area (Å²) in [5, 5.41) is 3.46. The van der Waals surface area contributed by atoms with E-state index >= 15 is 0 Å². The molecule has 4 heteroatoms. The van der Waals surface area contributed by atoms with Crippen LogP contribution in [0.1, 0.15) is 19.3 Å². The Morgan fingerprint density at radius 1 is 1.40 bits per heavy atom. The van der Waals surface area contributed by atoms with Crippen molar-refractivity contribution in [2.75, 3.05) is 20.2 Å². The summed E-state index contributed by atoms with van der Waals surface area (Å²) in [5.74, 6) is 0.694. The highest BCUT2D eigenvalue weighted by Crippen LogP contribution is 2.37. The molecule has 3 atom stereocenters. The van der Waals surface area contributed by atoms with Crippen LogP contribution in [0.4, 0.5) is 0 Å². The Labute approximate surface area is 90.0 Å². The number of hydrogen-bond acceptors (Lipinski definition) is 4. The molecular formula is C11H18N2O2. The van der Waals surface area contributed by atoms with Gasteiger partial charge < -0.3 is 4.74 Å². The molecule has 3 unspecified atom stereocenters. The number of hydrogen-bond donors (Lipinski definition) is 1. The van der Waals surface area contributed by atoms with Crippen LogP contribution in [0.5, 0.6) is 0 Å². The van der Waals surface area contributed by atoms with Gasteiger partial charge in [-0.25, -0.2) is 0 Å². The summed E-state index contributed by atoms with van der Waals surface area (Å²) < 4.78 is 4.81. The minimum absolute atomic E-state index is 0.0637. The van der Waals surface area contributed by atoms with E-state index in [0.717, 1.165) is 12.3 Å². The number of piperidine rings is 3. The second kappa shape index (κ2) is 3.46. The summed E-state index contributed by atoms with van der Waals surface area (Å²) in [6, 6.07) is 1.06. The van der Waals surface area contributed by atoms with Crippen LogP contribution >= 0.6 is 0 Å². The van der Waals surface area contributed by atoms with Crippen LogP contribution in [-0.4, -0.2) is 49.2 Å². The Balaban J connectivity index is 1.76. The van der Waals surface area contributed by atoms with Crippen LogP contribution in [0.3, 0.4) is 0 Å². The Bertz CT molecular complexity index is 254. The number of nitrogens with one attached hydrogen (secondary N) is 1. The van der Waals surface area contributed by atoms with E-state index in [1.54, 1.807) is 0 Å². The first-order chi connectivity index (χ1) is 7.29. The summed E-state index contributed by atoms with van der Waals surface area (Å²) in [4.78, 5) is 14.0. The van der Waals surface area contributed by atoms with Crippen LogP contribution < -0.4 is 5.32 Å². The van der Waals surface area contributed by atoms with Crippen LogP contribution in [0, 0.1) is 5.92 Å². The van der Waals surface area contributed by atoms with Crippen molar-refractivity contribution in [2.45, 2.75) is 37.4 Å². The zero-order valence-corrected chi connectivity index (χ0v) is 9.11. The topological polar surface area (TPSA) is 41.6 Å². The monoisotopic (exact) mass is 210 g/mol. The Morgan fingerprint density at radius 3 is 2.73 bits per heavy atom. The number of carbonyl (C=O) groups excluding carboxylic acids is 1. The van der Waals surface area contributed by atoms with Crippen molar-refractivity contribution in [3.05, 3.63) is 0 Å². The van der Waals surface area contributed by atoms with Gasteiger partial charge >= 0.3 is 5.97 Å². The summed E-state index contributed by atoms with van der Waals surface area (Å²) in [7, 11) is 1.47. The lowest BCUT2D eigenvalue weighted by Crippen LogP contribution is -2.58. The van der Waals surface area contributed by atoms with E-state index in [1.807, 2.05) is 0 Å². The number of nitrogens with zero attached hydrogens (tertiary/aromatic N) is 1. The molecular weight excluding hydrogens is 192 g/mol. The molecule has 0 aromatic rings. The lowest BCUT2D eigenvalue weighted by atomic mass is 9.79. The van der Waals surface area contributed by atoms with Crippen molar-refractivity contribution >= 4 is 5.97 Å². The molecule has 0 aliphatic carbocycles. The number of carbonyl (C=O) groups is 1. The predicted molar refractivity (Wildman–Crippen MR) is 55.4 cm³/mol. The fraction of sp³-hybridized carbons (Fsp3) is 0.909. The zero-order valence-electron chi connectivity index (χ0n) is 9.11. The summed E-state index contributed by atoms with van der Waals surface area (Å²) in [6.07, 6.45) is 3.53. The highest BCUT2D eigenvalue weighted by Gasteiger charge is 2.49. The van der Waals surface area contributed by atoms with Crippen molar-refractivity contribution in [3.8, 4) is 0 Å². The van der Waals surface area contributed by atoms with E-state index in [1.165, 1.54) is 33.0 Å². The summed E-state index contributed by atoms with van der Waals surface area (Å²) in [5.41, 5.74) is 0. The first-order valence-corrected chi connectivity index (χ1v) is 5.87. The third-order valence-electron chi connectivity index (χ3n) is 4.32. The van der Waals surface area contributed by atoms with Gasteiger partial charge in [0.2, 0.25) is 0 Å². The predicted octanol–water partition coefficient (Wildman–Crippen LogP) is -0.0159. The van der Waals surface area contributed by atoms with E-state index in [9.17, 15) is 4.79 Å². The van der Waals surface area contributed by atoms with Crippen molar-refractivity contribution < 1.29 is 9.53 Å². The Hall–Kier alpha value is -0.610. The van der Waals surface area contributed by atoms with Crippen LogP contribution in [-0.2, 0) is 9.53 Å².